The monoisotopic (exact) mass is 305 g/mol. The van der Waals surface area contributed by atoms with E-state index in [0.717, 1.165) is 56.6 Å². The quantitative estimate of drug-likeness (QED) is 0.927. The average Bonchev–Trinajstić information content (AvgIpc) is 3.15. The highest BCUT2D eigenvalue weighted by molar-refractivity contribution is 5.57. The van der Waals surface area contributed by atoms with Gasteiger partial charge in [0.25, 0.3) is 0 Å². The third-order valence-electron chi connectivity index (χ3n) is 4.47. The highest BCUT2D eigenvalue weighted by atomic mass is 19.1. The van der Waals surface area contributed by atoms with Crippen molar-refractivity contribution in [2.24, 2.45) is 0 Å². The summed E-state index contributed by atoms with van der Waals surface area (Å²) in [7, 11) is 0. The van der Waals surface area contributed by atoms with Gasteiger partial charge in [0.2, 0.25) is 0 Å². The standard InChI is InChI=1S/C16H17F2N3O/c17-10-1-2-12(13(18)7-10)16-19-14-3-5-21(8-15(14)20-16)11-4-6-22-9-11/h1-2,7,11H,3-6,8-9H2,(H,19,20)/t11-/m0/s1. The Balaban J connectivity index is 1.60. The number of ether oxygens (including phenoxy) is 1. The number of hydrogen-bond acceptors (Lipinski definition) is 3. The minimum Gasteiger partial charge on any atom is -0.380 e. The lowest BCUT2D eigenvalue weighted by atomic mass is 10.1. The number of halogens is 2. The lowest BCUT2D eigenvalue weighted by Crippen LogP contribution is -2.39. The van der Waals surface area contributed by atoms with Gasteiger partial charge < -0.3 is 9.72 Å². The van der Waals surface area contributed by atoms with Crippen LogP contribution in [0.5, 0.6) is 0 Å². The van der Waals surface area contributed by atoms with Gasteiger partial charge in [-0.1, -0.05) is 0 Å². The van der Waals surface area contributed by atoms with Crippen molar-refractivity contribution in [2.45, 2.75) is 25.4 Å². The Labute approximate surface area is 127 Å². The fraction of sp³-hybridized carbons (Fsp3) is 0.438. The van der Waals surface area contributed by atoms with Gasteiger partial charge in [-0.2, -0.15) is 0 Å². The van der Waals surface area contributed by atoms with Gasteiger partial charge >= 0.3 is 0 Å². The minimum atomic E-state index is -0.591. The number of benzene rings is 1. The second-order valence-electron chi connectivity index (χ2n) is 5.87. The maximum Gasteiger partial charge on any atom is 0.140 e. The normalized spacial score (nSPS) is 22.0. The Hall–Kier alpha value is -1.79. The molecule has 0 amide bonds. The number of aromatic amines is 1. The Kier molecular flexibility index (Phi) is 3.43. The molecule has 1 fully saturated rings. The number of fused-ring (bicyclic) bond motifs is 1. The molecule has 4 nitrogen and oxygen atoms in total. The topological polar surface area (TPSA) is 41.2 Å². The lowest BCUT2D eigenvalue weighted by molar-refractivity contribution is 0.133. The molecule has 0 radical (unpaired) electrons. The first kappa shape index (κ1) is 13.8. The maximum absolute atomic E-state index is 13.9. The van der Waals surface area contributed by atoms with Gasteiger partial charge in [-0.15, -0.1) is 0 Å². The summed E-state index contributed by atoms with van der Waals surface area (Å²) in [4.78, 5) is 10.1. The molecule has 2 aliphatic rings. The molecule has 116 valence electrons. The molecule has 0 saturated carbocycles. The minimum absolute atomic E-state index is 0.312. The van der Waals surface area contributed by atoms with Gasteiger partial charge in [-0.3, -0.25) is 4.90 Å². The van der Waals surface area contributed by atoms with Gasteiger partial charge in [0.15, 0.2) is 0 Å². The first-order valence-electron chi connectivity index (χ1n) is 7.55. The molecule has 6 heteroatoms. The number of H-pyrrole nitrogens is 1. The first-order valence-corrected chi connectivity index (χ1v) is 7.55. The van der Waals surface area contributed by atoms with E-state index in [1.165, 1.54) is 12.1 Å². The van der Waals surface area contributed by atoms with Crippen molar-refractivity contribution in [3.8, 4) is 11.4 Å². The molecular formula is C16H17F2N3O. The summed E-state index contributed by atoms with van der Waals surface area (Å²) in [6.07, 6.45) is 1.90. The Bertz CT molecular complexity index is 695. The molecule has 1 N–H and O–H groups in total. The molecule has 2 aliphatic heterocycles. The Morgan fingerprint density at radius 1 is 1.32 bits per heavy atom. The molecule has 3 heterocycles. The molecule has 1 aromatic carbocycles. The molecule has 1 atom stereocenters. The van der Waals surface area contributed by atoms with E-state index in [1.54, 1.807) is 0 Å². The SMILES string of the molecule is Fc1ccc(-c2nc3c([nH]2)CN([C@H]2CCOC2)CC3)c(F)c1. The van der Waals surface area contributed by atoms with E-state index >= 15 is 0 Å². The van der Waals surface area contributed by atoms with Crippen molar-refractivity contribution < 1.29 is 13.5 Å². The molecule has 1 saturated heterocycles. The third-order valence-corrected chi connectivity index (χ3v) is 4.47. The summed E-state index contributed by atoms with van der Waals surface area (Å²) in [5.74, 6) is -0.691. The van der Waals surface area contributed by atoms with Crippen molar-refractivity contribution >= 4 is 0 Å². The summed E-state index contributed by atoms with van der Waals surface area (Å²) in [5.41, 5.74) is 2.32. The van der Waals surface area contributed by atoms with Crippen LogP contribution in [-0.2, 0) is 17.7 Å². The highest BCUT2D eigenvalue weighted by Crippen LogP contribution is 2.27. The summed E-state index contributed by atoms with van der Waals surface area (Å²) in [6.45, 7) is 3.32. The van der Waals surface area contributed by atoms with Gasteiger partial charge in [0.05, 0.1) is 23.6 Å². The summed E-state index contributed by atoms with van der Waals surface area (Å²) in [5, 5.41) is 0. The fourth-order valence-electron chi connectivity index (χ4n) is 3.25. The van der Waals surface area contributed by atoms with Crippen LogP contribution in [0.2, 0.25) is 0 Å². The van der Waals surface area contributed by atoms with Crippen LogP contribution in [0.15, 0.2) is 18.2 Å². The number of rotatable bonds is 2. The van der Waals surface area contributed by atoms with Gasteiger partial charge in [0, 0.05) is 38.2 Å². The molecule has 4 rings (SSSR count). The van der Waals surface area contributed by atoms with E-state index in [1.807, 2.05) is 0 Å². The number of nitrogens with one attached hydrogen (secondary N) is 1. The Morgan fingerprint density at radius 3 is 3.00 bits per heavy atom. The average molecular weight is 305 g/mol. The van der Waals surface area contributed by atoms with Crippen LogP contribution in [0, 0.1) is 11.6 Å². The predicted octanol–water partition coefficient (Wildman–Crippen LogP) is 2.50. The molecule has 0 aliphatic carbocycles. The summed E-state index contributed by atoms with van der Waals surface area (Å²) in [6, 6.07) is 4.03. The van der Waals surface area contributed by atoms with Crippen molar-refractivity contribution in [3.63, 3.8) is 0 Å². The summed E-state index contributed by atoms with van der Waals surface area (Å²) < 4.78 is 32.4. The van der Waals surface area contributed by atoms with E-state index in [2.05, 4.69) is 14.9 Å². The molecule has 0 bridgehead atoms. The zero-order valence-corrected chi connectivity index (χ0v) is 12.1. The van der Waals surface area contributed by atoms with Crippen molar-refractivity contribution in [1.82, 2.24) is 14.9 Å². The molecular weight excluding hydrogens is 288 g/mol. The number of hydrogen-bond donors (Lipinski definition) is 1. The summed E-state index contributed by atoms with van der Waals surface area (Å²) >= 11 is 0. The van der Waals surface area contributed by atoms with Crippen LogP contribution in [0.3, 0.4) is 0 Å². The zero-order valence-electron chi connectivity index (χ0n) is 12.1. The smallest absolute Gasteiger partial charge is 0.140 e. The van der Waals surface area contributed by atoms with Crippen LogP contribution >= 0.6 is 0 Å². The largest absolute Gasteiger partial charge is 0.380 e. The number of aromatic nitrogens is 2. The van der Waals surface area contributed by atoms with Gasteiger partial charge in [-0.05, 0) is 18.6 Å². The van der Waals surface area contributed by atoms with E-state index in [0.29, 0.717) is 17.4 Å². The van der Waals surface area contributed by atoms with E-state index < -0.39 is 11.6 Å². The van der Waals surface area contributed by atoms with E-state index in [-0.39, 0.29) is 0 Å². The zero-order chi connectivity index (χ0) is 15.1. The van der Waals surface area contributed by atoms with E-state index in [4.69, 9.17) is 4.74 Å². The number of nitrogens with zero attached hydrogens (tertiary/aromatic N) is 2. The molecule has 1 aromatic heterocycles. The van der Waals surface area contributed by atoms with Crippen LogP contribution in [0.1, 0.15) is 17.8 Å². The molecule has 2 aromatic rings. The van der Waals surface area contributed by atoms with E-state index in [9.17, 15) is 8.78 Å². The maximum atomic E-state index is 13.9. The second kappa shape index (κ2) is 5.44. The van der Waals surface area contributed by atoms with Crippen LogP contribution < -0.4 is 0 Å². The van der Waals surface area contributed by atoms with Crippen molar-refractivity contribution in [2.75, 3.05) is 19.8 Å². The third kappa shape index (κ3) is 2.42. The first-order chi connectivity index (χ1) is 10.7. The molecule has 0 unspecified atom stereocenters. The number of imidazole rings is 1. The second-order valence-corrected chi connectivity index (χ2v) is 5.87. The van der Waals surface area contributed by atoms with Gasteiger partial charge in [0.1, 0.15) is 17.5 Å². The highest BCUT2D eigenvalue weighted by Gasteiger charge is 2.28. The fourth-order valence-corrected chi connectivity index (χ4v) is 3.25. The van der Waals surface area contributed by atoms with Crippen LogP contribution in [0.25, 0.3) is 11.4 Å². The Morgan fingerprint density at radius 2 is 2.23 bits per heavy atom. The van der Waals surface area contributed by atoms with Crippen molar-refractivity contribution in [3.05, 3.63) is 41.2 Å². The van der Waals surface area contributed by atoms with Crippen LogP contribution in [-0.4, -0.2) is 40.7 Å². The molecule has 0 spiro atoms. The van der Waals surface area contributed by atoms with Crippen molar-refractivity contribution in [1.29, 1.82) is 0 Å². The van der Waals surface area contributed by atoms with Crippen LogP contribution in [0.4, 0.5) is 8.78 Å². The predicted molar refractivity (Wildman–Crippen MR) is 77.3 cm³/mol. The lowest BCUT2D eigenvalue weighted by Gasteiger charge is -2.30. The van der Waals surface area contributed by atoms with Gasteiger partial charge in [-0.25, -0.2) is 13.8 Å². The molecule has 22 heavy (non-hydrogen) atoms.